The van der Waals surface area contributed by atoms with Crippen LogP contribution in [0.15, 0.2) is 83.7 Å². The minimum absolute atomic E-state index is 0.203. The summed E-state index contributed by atoms with van der Waals surface area (Å²) in [7, 11) is 1.49. The van der Waals surface area contributed by atoms with E-state index in [1.54, 1.807) is 48.5 Å². The van der Waals surface area contributed by atoms with Crippen LogP contribution in [0.5, 0.6) is 5.75 Å². The number of carboxylic acids is 1. The Morgan fingerprint density at radius 3 is 2.35 bits per heavy atom. The maximum Gasteiger partial charge on any atom is 0.335 e. The molecule has 3 N–H and O–H groups in total. The Morgan fingerprint density at radius 2 is 1.68 bits per heavy atom. The summed E-state index contributed by atoms with van der Waals surface area (Å²) in [4.78, 5) is 44.0. The predicted molar refractivity (Wildman–Crippen MR) is 138 cm³/mol. The molecular formula is C28H24N4O5. The summed E-state index contributed by atoms with van der Waals surface area (Å²) in [5.41, 5.74) is 2.25. The van der Waals surface area contributed by atoms with E-state index in [4.69, 9.17) is 0 Å². The Labute approximate surface area is 212 Å². The third-order valence-electron chi connectivity index (χ3n) is 6.48. The number of aromatic carboxylic acids is 1. The first-order valence-corrected chi connectivity index (χ1v) is 11.7. The fourth-order valence-corrected chi connectivity index (χ4v) is 4.68. The van der Waals surface area contributed by atoms with Crippen LogP contribution in [-0.2, 0) is 13.5 Å². The van der Waals surface area contributed by atoms with Crippen molar-refractivity contribution < 1.29 is 19.8 Å². The number of aromatic nitrogens is 2. The average Bonchev–Trinajstić information content (AvgIpc) is 2.92. The Bertz CT molecular complexity index is 1550. The SMILES string of the molecule is Cn1c(N2CCc3cc(C(=O)O)ccc3[C@H]2c2ccccc2)nc(C(=O)Nc2ccccc2)c(O)c1=O. The molecule has 0 spiro atoms. The first kappa shape index (κ1) is 23.8. The molecule has 0 radical (unpaired) electrons. The van der Waals surface area contributed by atoms with E-state index < -0.39 is 29.2 Å². The molecule has 186 valence electrons. The lowest BCUT2D eigenvalue weighted by atomic mass is 9.87. The minimum Gasteiger partial charge on any atom is -0.501 e. The summed E-state index contributed by atoms with van der Waals surface area (Å²) < 4.78 is 1.22. The number of aromatic hydroxyl groups is 1. The van der Waals surface area contributed by atoms with Gasteiger partial charge in [0.1, 0.15) is 0 Å². The molecule has 9 nitrogen and oxygen atoms in total. The normalized spacial score (nSPS) is 14.6. The second-order valence-electron chi connectivity index (χ2n) is 8.77. The quantitative estimate of drug-likeness (QED) is 0.386. The van der Waals surface area contributed by atoms with E-state index in [-0.39, 0.29) is 17.2 Å². The number of amides is 1. The number of anilines is 2. The van der Waals surface area contributed by atoms with Crippen LogP contribution in [0.4, 0.5) is 11.6 Å². The number of nitrogens with one attached hydrogen (secondary N) is 1. The highest BCUT2D eigenvalue weighted by Gasteiger charge is 2.33. The molecule has 1 amide bonds. The van der Waals surface area contributed by atoms with Crippen molar-refractivity contribution in [3.63, 3.8) is 0 Å². The van der Waals surface area contributed by atoms with Crippen molar-refractivity contribution in [3.05, 3.63) is 117 Å². The Hall–Kier alpha value is -4.92. The van der Waals surface area contributed by atoms with E-state index >= 15 is 0 Å². The number of carboxylic acid groups (broad SMARTS) is 1. The van der Waals surface area contributed by atoms with Gasteiger partial charge in [0, 0.05) is 19.3 Å². The molecule has 5 rings (SSSR count). The lowest BCUT2D eigenvalue weighted by molar-refractivity contribution is 0.0696. The zero-order valence-electron chi connectivity index (χ0n) is 20.0. The molecule has 0 bridgehead atoms. The van der Waals surface area contributed by atoms with Gasteiger partial charge in [0.15, 0.2) is 5.69 Å². The Morgan fingerprint density at radius 1 is 1.00 bits per heavy atom. The van der Waals surface area contributed by atoms with Crippen LogP contribution in [0.25, 0.3) is 0 Å². The van der Waals surface area contributed by atoms with Crippen LogP contribution >= 0.6 is 0 Å². The number of para-hydroxylation sites is 1. The number of fused-ring (bicyclic) bond motifs is 1. The van der Waals surface area contributed by atoms with Gasteiger partial charge in [-0.15, -0.1) is 0 Å². The second kappa shape index (κ2) is 9.62. The maximum absolute atomic E-state index is 13.0. The van der Waals surface area contributed by atoms with Crippen LogP contribution in [0.2, 0.25) is 0 Å². The molecule has 0 unspecified atom stereocenters. The smallest absolute Gasteiger partial charge is 0.335 e. The lowest BCUT2D eigenvalue weighted by Gasteiger charge is -2.39. The highest BCUT2D eigenvalue weighted by molar-refractivity contribution is 6.04. The summed E-state index contributed by atoms with van der Waals surface area (Å²) in [6.07, 6.45) is 0.502. The van der Waals surface area contributed by atoms with E-state index in [1.807, 2.05) is 35.2 Å². The summed E-state index contributed by atoms with van der Waals surface area (Å²) in [6, 6.07) is 22.9. The van der Waals surface area contributed by atoms with Gasteiger partial charge in [0.05, 0.1) is 11.6 Å². The largest absolute Gasteiger partial charge is 0.501 e. The van der Waals surface area contributed by atoms with Gasteiger partial charge in [-0.25, -0.2) is 9.78 Å². The van der Waals surface area contributed by atoms with Gasteiger partial charge < -0.3 is 20.4 Å². The second-order valence-corrected chi connectivity index (χ2v) is 8.77. The Kier molecular flexibility index (Phi) is 6.19. The van der Waals surface area contributed by atoms with E-state index in [9.17, 15) is 24.6 Å². The highest BCUT2D eigenvalue weighted by Crippen LogP contribution is 2.38. The fourth-order valence-electron chi connectivity index (χ4n) is 4.68. The Balaban J connectivity index is 1.63. The molecule has 4 aromatic rings. The van der Waals surface area contributed by atoms with Gasteiger partial charge in [-0.05, 0) is 47.4 Å². The zero-order valence-corrected chi connectivity index (χ0v) is 20.0. The summed E-state index contributed by atoms with van der Waals surface area (Å²) in [5, 5.41) is 22.7. The standard InChI is InChI=1S/C28H24N4O5/c1-31-26(35)24(33)22(25(34)29-20-10-6-3-7-11-20)30-28(31)32-15-14-18-16-19(27(36)37)12-13-21(18)23(32)17-8-4-2-5-9-17/h2-13,16,23,33H,14-15H2,1H3,(H,29,34)(H,36,37)/t23-/m1/s1. The molecule has 1 aliphatic heterocycles. The van der Waals surface area contributed by atoms with Crippen LogP contribution in [0.1, 0.15) is 43.6 Å². The molecule has 2 heterocycles. The molecular weight excluding hydrogens is 472 g/mol. The molecule has 0 saturated carbocycles. The molecule has 3 aromatic carbocycles. The number of carbonyl (C=O) groups is 2. The topological polar surface area (TPSA) is 125 Å². The van der Waals surface area contributed by atoms with Crippen molar-refractivity contribution in [1.29, 1.82) is 0 Å². The van der Waals surface area contributed by atoms with Gasteiger partial charge in [-0.1, -0.05) is 54.6 Å². The van der Waals surface area contributed by atoms with Crippen molar-refractivity contribution in [1.82, 2.24) is 9.55 Å². The van der Waals surface area contributed by atoms with Crippen molar-refractivity contribution in [2.45, 2.75) is 12.5 Å². The van der Waals surface area contributed by atoms with Gasteiger partial charge in [-0.2, -0.15) is 0 Å². The molecule has 1 aromatic heterocycles. The number of carbonyl (C=O) groups excluding carboxylic acids is 1. The fraction of sp³-hybridized carbons (Fsp3) is 0.143. The zero-order chi connectivity index (χ0) is 26.1. The number of nitrogens with zero attached hydrogens (tertiary/aromatic N) is 3. The van der Waals surface area contributed by atoms with Crippen molar-refractivity contribution >= 4 is 23.5 Å². The summed E-state index contributed by atoms with van der Waals surface area (Å²) in [5.74, 6) is -2.23. The third-order valence-corrected chi connectivity index (χ3v) is 6.48. The highest BCUT2D eigenvalue weighted by atomic mass is 16.4. The van der Waals surface area contributed by atoms with Gasteiger partial charge in [0.25, 0.3) is 11.5 Å². The molecule has 0 fully saturated rings. The van der Waals surface area contributed by atoms with Gasteiger partial charge >= 0.3 is 5.97 Å². The van der Waals surface area contributed by atoms with Crippen LogP contribution < -0.4 is 15.8 Å². The molecule has 0 aliphatic carbocycles. The molecule has 0 saturated heterocycles. The average molecular weight is 497 g/mol. The van der Waals surface area contributed by atoms with E-state index in [0.29, 0.717) is 18.7 Å². The number of benzene rings is 3. The summed E-state index contributed by atoms with van der Waals surface area (Å²) in [6.45, 7) is 0.403. The molecule has 1 atom stereocenters. The van der Waals surface area contributed by atoms with Crippen LogP contribution in [0, 0.1) is 0 Å². The van der Waals surface area contributed by atoms with Crippen molar-refractivity contribution in [3.8, 4) is 5.75 Å². The lowest BCUT2D eigenvalue weighted by Crippen LogP contribution is -2.41. The number of rotatable bonds is 5. The van der Waals surface area contributed by atoms with Crippen molar-refractivity contribution in [2.24, 2.45) is 7.05 Å². The van der Waals surface area contributed by atoms with E-state index in [2.05, 4.69) is 10.3 Å². The summed E-state index contributed by atoms with van der Waals surface area (Å²) >= 11 is 0. The van der Waals surface area contributed by atoms with Gasteiger partial charge in [0.2, 0.25) is 11.7 Å². The minimum atomic E-state index is -1.00. The third kappa shape index (κ3) is 4.42. The molecule has 1 aliphatic rings. The van der Waals surface area contributed by atoms with E-state index in [1.165, 1.54) is 11.6 Å². The monoisotopic (exact) mass is 496 g/mol. The van der Waals surface area contributed by atoms with Crippen LogP contribution in [-0.4, -0.2) is 38.2 Å². The van der Waals surface area contributed by atoms with Crippen LogP contribution in [0.3, 0.4) is 0 Å². The van der Waals surface area contributed by atoms with Crippen molar-refractivity contribution in [2.75, 3.05) is 16.8 Å². The maximum atomic E-state index is 13.0. The number of hydrogen-bond acceptors (Lipinski definition) is 6. The molecule has 37 heavy (non-hydrogen) atoms. The molecule has 9 heteroatoms. The van der Waals surface area contributed by atoms with E-state index in [0.717, 1.165) is 16.7 Å². The first-order valence-electron chi connectivity index (χ1n) is 11.7. The number of hydrogen-bond donors (Lipinski definition) is 3. The van der Waals surface area contributed by atoms with Gasteiger partial charge in [-0.3, -0.25) is 14.2 Å². The predicted octanol–water partition coefficient (Wildman–Crippen LogP) is 3.59. The first-order chi connectivity index (χ1) is 17.8.